The number of esters is 1. The normalized spacial score (nSPS) is 18.6. The van der Waals surface area contributed by atoms with Gasteiger partial charge in [0, 0.05) is 12.6 Å². The first-order valence-electron chi connectivity index (χ1n) is 6.83. The molecule has 0 saturated carbocycles. The highest BCUT2D eigenvalue weighted by Crippen LogP contribution is 2.16. The smallest absolute Gasteiger partial charge is 0.338 e. The molecule has 0 aliphatic carbocycles. The Balaban J connectivity index is 1.86. The molecule has 20 heavy (non-hydrogen) atoms. The van der Waals surface area contributed by atoms with E-state index in [0.717, 1.165) is 25.8 Å². The molecule has 1 fully saturated rings. The van der Waals surface area contributed by atoms with Crippen LogP contribution in [0.2, 0.25) is 0 Å². The molecule has 2 rings (SSSR count). The van der Waals surface area contributed by atoms with Crippen LogP contribution >= 0.6 is 0 Å². The summed E-state index contributed by atoms with van der Waals surface area (Å²) in [5, 5.41) is 9.14. The third-order valence-corrected chi connectivity index (χ3v) is 3.55. The molecule has 5 heteroatoms. The second-order valence-corrected chi connectivity index (χ2v) is 5.05. The predicted octanol–water partition coefficient (Wildman–Crippen LogP) is 1.95. The summed E-state index contributed by atoms with van der Waals surface area (Å²) >= 11 is 0. The van der Waals surface area contributed by atoms with Crippen molar-refractivity contribution in [2.75, 3.05) is 13.2 Å². The minimum Gasteiger partial charge on any atom is -0.508 e. The van der Waals surface area contributed by atoms with Crippen molar-refractivity contribution >= 4 is 11.9 Å². The summed E-state index contributed by atoms with van der Waals surface area (Å²) in [6, 6.07) is 5.96. The quantitative estimate of drug-likeness (QED) is 0.857. The first kappa shape index (κ1) is 14.4. The van der Waals surface area contributed by atoms with E-state index in [0.29, 0.717) is 5.56 Å². The van der Waals surface area contributed by atoms with E-state index in [2.05, 4.69) is 0 Å². The lowest BCUT2D eigenvalue weighted by molar-refractivity contribution is -0.137. The molecule has 0 aromatic heterocycles. The van der Waals surface area contributed by atoms with E-state index in [4.69, 9.17) is 9.84 Å². The summed E-state index contributed by atoms with van der Waals surface area (Å²) in [6.07, 6.45) is 3.14. The number of nitrogens with zero attached hydrogens (tertiary/aromatic N) is 1. The maximum absolute atomic E-state index is 12.0. The van der Waals surface area contributed by atoms with Gasteiger partial charge < -0.3 is 14.7 Å². The minimum atomic E-state index is -0.553. The van der Waals surface area contributed by atoms with Crippen molar-refractivity contribution in [3.8, 4) is 5.75 Å². The zero-order valence-corrected chi connectivity index (χ0v) is 11.5. The Morgan fingerprint density at radius 1 is 1.30 bits per heavy atom. The summed E-state index contributed by atoms with van der Waals surface area (Å²) < 4.78 is 5.02. The number of benzene rings is 1. The number of carbonyl (C=O) groups excluding carboxylic acids is 2. The molecule has 0 spiro atoms. The summed E-state index contributed by atoms with van der Waals surface area (Å²) in [5.74, 6) is -0.618. The Bertz CT molecular complexity index is 483. The van der Waals surface area contributed by atoms with E-state index in [9.17, 15) is 9.59 Å². The molecule has 0 unspecified atom stereocenters. The predicted molar refractivity (Wildman–Crippen MR) is 73.4 cm³/mol. The topological polar surface area (TPSA) is 66.8 Å². The maximum Gasteiger partial charge on any atom is 0.338 e. The lowest BCUT2D eigenvalue weighted by atomic mass is 10.0. The highest BCUT2D eigenvalue weighted by atomic mass is 16.5. The highest BCUT2D eigenvalue weighted by molar-refractivity contribution is 5.91. The van der Waals surface area contributed by atoms with Crippen molar-refractivity contribution in [1.29, 1.82) is 0 Å². The second-order valence-electron chi connectivity index (χ2n) is 5.05. The number of aromatic hydroxyl groups is 1. The number of likely N-dealkylation sites (tertiary alicyclic amines) is 1. The van der Waals surface area contributed by atoms with E-state index in [1.54, 1.807) is 4.90 Å². The van der Waals surface area contributed by atoms with Crippen molar-refractivity contribution in [3.05, 3.63) is 29.8 Å². The molecule has 1 atom stereocenters. The van der Waals surface area contributed by atoms with Crippen molar-refractivity contribution in [2.45, 2.75) is 32.2 Å². The molecule has 1 saturated heterocycles. The highest BCUT2D eigenvalue weighted by Gasteiger charge is 2.24. The molecule has 1 amide bonds. The number of phenols is 1. The van der Waals surface area contributed by atoms with Crippen molar-refractivity contribution in [1.82, 2.24) is 4.90 Å². The molecule has 108 valence electrons. The van der Waals surface area contributed by atoms with Gasteiger partial charge in [0.15, 0.2) is 6.61 Å². The van der Waals surface area contributed by atoms with Gasteiger partial charge in [-0.15, -0.1) is 0 Å². The molecule has 1 aliphatic rings. The van der Waals surface area contributed by atoms with Gasteiger partial charge in [-0.05, 0) is 50.5 Å². The minimum absolute atomic E-state index is 0.0831. The average Bonchev–Trinajstić information content (AvgIpc) is 2.45. The zero-order valence-electron chi connectivity index (χ0n) is 11.5. The number of carbonyl (C=O) groups is 2. The van der Waals surface area contributed by atoms with Gasteiger partial charge in [-0.3, -0.25) is 4.79 Å². The lowest BCUT2D eigenvalue weighted by Crippen LogP contribution is -2.44. The van der Waals surface area contributed by atoms with E-state index in [1.165, 1.54) is 24.3 Å². The molecule has 0 bridgehead atoms. The van der Waals surface area contributed by atoms with Crippen LogP contribution in [0.1, 0.15) is 36.5 Å². The standard InChI is InChI=1S/C15H19NO4/c1-11-4-2-3-9-16(11)14(18)10-20-15(19)12-5-7-13(17)8-6-12/h5-8,11,17H,2-4,9-10H2,1H3/t11-/m0/s1. The maximum atomic E-state index is 12.0. The van der Waals surface area contributed by atoms with Gasteiger partial charge in [-0.1, -0.05) is 0 Å². The fourth-order valence-corrected chi connectivity index (χ4v) is 2.36. The van der Waals surface area contributed by atoms with Crippen LogP contribution < -0.4 is 0 Å². The number of hydrogen-bond acceptors (Lipinski definition) is 4. The molecule has 5 nitrogen and oxygen atoms in total. The number of amides is 1. The van der Waals surface area contributed by atoms with Gasteiger partial charge in [-0.2, -0.15) is 0 Å². The zero-order chi connectivity index (χ0) is 14.5. The van der Waals surface area contributed by atoms with Gasteiger partial charge >= 0.3 is 5.97 Å². The van der Waals surface area contributed by atoms with Crippen LogP contribution in [-0.4, -0.2) is 41.1 Å². The summed E-state index contributed by atoms with van der Waals surface area (Å²) in [6.45, 7) is 2.51. The van der Waals surface area contributed by atoms with E-state index in [-0.39, 0.29) is 24.3 Å². The number of piperidine rings is 1. The van der Waals surface area contributed by atoms with Gasteiger partial charge in [0.05, 0.1) is 5.56 Å². The molecule has 1 aromatic carbocycles. The first-order chi connectivity index (χ1) is 9.58. The summed E-state index contributed by atoms with van der Waals surface area (Å²) in [7, 11) is 0. The number of ether oxygens (including phenoxy) is 1. The summed E-state index contributed by atoms with van der Waals surface area (Å²) in [5.41, 5.74) is 0.322. The van der Waals surface area contributed by atoms with E-state index in [1.807, 2.05) is 6.92 Å². The molecule has 0 radical (unpaired) electrons. The Morgan fingerprint density at radius 3 is 2.65 bits per heavy atom. The average molecular weight is 277 g/mol. The fraction of sp³-hybridized carbons (Fsp3) is 0.467. The van der Waals surface area contributed by atoms with E-state index >= 15 is 0 Å². The number of rotatable bonds is 3. The largest absolute Gasteiger partial charge is 0.508 e. The molecular weight excluding hydrogens is 258 g/mol. The fourth-order valence-electron chi connectivity index (χ4n) is 2.36. The summed E-state index contributed by atoms with van der Waals surface area (Å²) in [4.78, 5) is 25.5. The molecule has 1 aliphatic heterocycles. The van der Waals surface area contributed by atoms with Gasteiger partial charge in [0.1, 0.15) is 5.75 Å². The van der Waals surface area contributed by atoms with Crippen LogP contribution in [0, 0.1) is 0 Å². The van der Waals surface area contributed by atoms with E-state index < -0.39 is 5.97 Å². The third-order valence-electron chi connectivity index (χ3n) is 3.55. The Morgan fingerprint density at radius 2 is 2.00 bits per heavy atom. The molecular formula is C15H19NO4. The van der Waals surface area contributed by atoms with Crippen molar-refractivity contribution in [2.24, 2.45) is 0 Å². The van der Waals surface area contributed by atoms with Gasteiger partial charge in [0.2, 0.25) is 0 Å². The van der Waals surface area contributed by atoms with Crippen LogP contribution in [0.3, 0.4) is 0 Å². The van der Waals surface area contributed by atoms with Crippen LogP contribution in [0.4, 0.5) is 0 Å². The van der Waals surface area contributed by atoms with Crippen molar-refractivity contribution < 1.29 is 19.4 Å². The monoisotopic (exact) mass is 277 g/mol. The second kappa shape index (κ2) is 6.41. The number of hydrogen-bond donors (Lipinski definition) is 1. The SMILES string of the molecule is C[C@H]1CCCCN1C(=O)COC(=O)c1ccc(O)cc1. The Labute approximate surface area is 118 Å². The first-order valence-corrected chi connectivity index (χ1v) is 6.83. The Hall–Kier alpha value is -2.04. The third kappa shape index (κ3) is 3.50. The van der Waals surface area contributed by atoms with Crippen molar-refractivity contribution in [3.63, 3.8) is 0 Å². The molecule has 1 aromatic rings. The molecule has 1 heterocycles. The van der Waals surface area contributed by atoms with Crippen LogP contribution in [0.15, 0.2) is 24.3 Å². The molecule has 1 N–H and O–H groups in total. The van der Waals surface area contributed by atoms with Gasteiger partial charge in [-0.25, -0.2) is 4.79 Å². The van der Waals surface area contributed by atoms with Crippen LogP contribution in [-0.2, 0) is 9.53 Å². The van der Waals surface area contributed by atoms with Crippen LogP contribution in [0.5, 0.6) is 5.75 Å². The van der Waals surface area contributed by atoms with Gasteiger partial charge in [0.25, 0.3) is 5.91 Å². The number of phenolic OH excluding ortho intramolecular Hbond substituents is 1. The van der Waals surface area contributed by atoms with Crippen LogP contribution in [0.25, 0.3) is 0 Å². The lowest BCUT2D eigenvalue weighted by Gasteiger charge is -2.33. The Kier molecular flexibility index (Phi) is 4.61.